The van der Waals surface area contributed by atoms with Crippen molar-refractivity contribution < 1.29 is 19.1 Å². The van der Waals surface area contributed by atoms with Gasteiger partial charge in [0.05, 0.1) is 16.3 Å². The Morgan fingerprint density at radius 3 is 2.40 bits per heavy atom. The van der Waals surface area contributed by atoms with E-state index in [-0.39, 0.29) is 11.3 Å². The molecule has 0 saturated carbocycles. The molecule has 0 unspecified atom stereocenters. The van der Waals surface area contributed by atoms with Crippen LogP contribution in [0.2, 0.25) is 5.02 Å². The van der Waals surface area contributed by atoms with Gasteiger partial charge in [0.2, 0.25) is 6.10 Å². The maximum absolute atomic E-state index is 12.4. The van der Waals surface area contributed by atoms with Crippen molar-refractivity contribution in [1.82, 2.24) is 10.6 Å². The summed E-state index contributed by atoms with van der Waals surface area (Å²) in [5, 5.41) is 4.65. The number of imide groups is 1. The number of anilines is 1. The Morgan fingerprint density at radius 1 is 1.12 bits per heavy atom. The maximum Gasteiger partial charge on any atom is 0.339 e. The maximum atomic E-state index is 12.4. The highest BCUT2D eigenvalue weighted by molar-refractivity contribution is 6.33. The average Bonchev–Trinajstić information content (AvgIpc) is 2.62. The fourth-order valence-electron chi connectivity index (χ4n) is 1.99. The number of esters is 1. The number of urea groups is 1. The van der Waals surface area contributed by atoms with Crippen LogP contribution < -0.4 is 16.4 Å². The monoisotopic (exact) mass is 361 g/mol. The SMILES string of the molecule is CNC(=O)NC(=O)[C@H](OC(=O)c1ccc(Cl)c(N)c1)c1ccccc1. The van der Waals surface area contributed by atoms with Gasteiger partial charge >= 0.3 is 12.0 Å². The van der Waals surface area contributed by atoms with Crippen LogP contribution in [-0.4, -0.2) is 25.0 Å². The summed E-state index contributed by atoms with van der Waals surface area (Å²) in [5.41, 5.74) is 6.43. The van der Waals surface area contributed by atoms with Gasteiger partial charge in [-0.2, -0.15) is 0 Å². The molecule has 0 aromatic heterocycles. The minimum Gasteiger partial charge on any atom is -0.444 e. The lowest BCUT2D eigenvalue weighted by atomic mass is 10.1. The smallest absolute Gasteiger partial charge is 0.339 e. The summed E-state index contributed by atoms with van der Waals surface area (Å²) in [6.07, 6.45) is -1.30. The third-order valence-electron chi connectivity index (χ3n) is 3.26. The molecule has 0 aliphatic rings. The van der Waals surface area contributed by atoms with Crippen molar-refractivity contribution in [2.24, 2.45) is 0 Å². The van der Waals surface area contributed by atoms with E-state index in [1.807, 2.05) is 0 Å². The van der Waals surface area contributed by atoms with Gasteiger partial charge in [0.1, 0.15) is 0 Å². The number of nitrogens with one attached hydrogen (secondary N) is 2. The van der Waals surface area contributed by atoms with Crippen LogP contribution >= 0.6 is 11.6 Å². The van der Waals surface area contributed by atoms with Crippen molar-refractivity contribution >= 4 is 35.2 Å². The van der Waals surface area contributed by atoms with E-state index < -0.39 is 24.0 Å². The molecule has 7 nitrogen and oxygen atoms in total. The van der Waals surface area contributed by atoms with Crippen LogP contribution in [0.4, 0.5) is 10.5 Å². The summed E-state index contributed by atoms with van der Waals surface area (Å²) in [6.45, 7) is 0. The first-order chi connectivity index (χ1) is 11.9. The second kappa shape index (κ2) is 8.16. The molecule has 25 heavy (non-hydrogen) atoms. The van der Waals surface area contributed by atoms with E-state index in [0.717, 1.165) is 0 Å². The number of ether oxygens (including phenoxy) is 1. The van der Waals surface area contributed by atoms with Gasteiger partial charge in [-0.25, -0.2) is 9.59 Å². The summed E-state index contributed by atoms with van der Waals surface area (Å²) in [7, 11) is 1.36. The molecule has 3 amide bonds. The standard InChI is InChI=1S/C17H16ClN3O4/c1-20-17(24)21-15(22)14(10-5-3-2-4-6-10)25-16(23)11-7-8-12(18)13(19)9-11/h2-9,14H,19H2,1H3,(H2,20,21,22,24)/t14-/m1/s1. The molecular formula is C17H16ClN3O4. The van der Waals surface area contributed by atoms with E-state index in [9.17, 15) is 14.4 Å². The lowest BCUT2D eigenvalue weighted by Gasteiger charge is -2.17. The molecule has 2 rings (SSSR count). The predicted octanol–water partition coefficient (Wildman–Crippen LogP) is 2.28. The lowest BCUT2D eigenvalue weighted by Crippen LogP contribution is -2.41. The Morgan fingerprint density at radius 2 is 1.80 bits per heavy atom. The summed E-state index contributed by atoms with van der Waals surface area (Å²) in [6, 6.07) is 11.9. The van der Waals surface area contributed by atoms with E-state index in [1.165, 1.54) is 25.2 Å². The number of hydrogen-bond acceptors (Lipinski definition) is 5. The van der Waals surface area contributed by atoms with Crippen molar-refractivity contribution in [3.8, 4) is 0 Å². The number of nitrogen functional groups attached to an aromatic ring is 1. The number of hydrogen-bond donors (Lipinski definition) is 3. The van der Waals surface area contributed by atoms with Crippen LogP contribution in [0.1, 0.15) is 22.0 Å². The first kappa shape index (κ1) is 18.3. The highest BCUT2D eigenvalue weighted by atomic mass is 35.5. The predicted molar refractivity (Wildman–Crippen MR) is 93.1 cm³/mol. The second-order valence-electron chi connectivity index (χ2n) is 5.00. The van der Waals surface area contributed by atoms with Gasteiger partial charge in [0, 0.05) is 12.6 Å². The average molecular weight is 362 g/mol. The quantitative estimate of drug-likeness (QED) is 0.571. The third kappa shape index (κ3) is 4.71. The van der Waals surface area contributed by atoms with E-state index in [2.05, 4.69) is 10.6 Å². The van der Waals surface area contributed by atoms with Crippen LogP contribution in [0.5, 0.6) is 0 Å². The highest BCUT2D eigenvalue weighted by Crippen LogP contribution is 2.23. The minimum atomic E-state index is -1.30. The molecule has 0 aliphatic heterocycles. The topological polar surface area (TPSA) is 111 Å². The minimum absolute atomic E-state index is 0.135. The van der Waals surface area contributed by atoms with Crippen molar-refractivity contribution in [3.05, 3.63) is 64.7 Å². The van der Waals surface area contributed by atoms with Gasteiger partial charge in [-0.3, -0.25) is 10.1 Å². The van der Waals surface area contributed by atoms with Gasteiger partial charge in [0.25, 0.3) is 5.91 Å². The third-order valence-corrected chi connectivity index (χ3v) is 3.61. The van der Waals surface area contributed by atoms with Crippen molar-refractivity contribution in [3.63, 3.8) is 0 Å². The van der Waals surface area contributed by atoms with Crippen LogP contribution in [0, 0.1) is 0 Å². The summed E-state index contributed by atoms with van der Waals surface area (Å²) in [5.74, 6) is -1.55. The summed E-state index contributed by atoms with van der Waals surface area (Å²) in [4.78, 5) is 36.0. The molecule has 8 heteroatoms. The van der Waals surface area contributed by atoms with Gasteiger partial charge in [0.15, 0.2) is 0 Å². The molecule has 130 valence electrons. The molecule has 2 aromatic rings. The summed E-state index contributed by atoms with van der Waals surface area (Å²) >= 11 is 5.83. The van der Waals surface area contributed by atoms with Crippen LogP contribution in [0.15, 0.2) is 48.5 Å². The Balaban J connectivity index is 2.26. The van der Waals surface area contributed by atoms with Gasteiger partial charge in [-0.1, -0.05) is 41.9 Å². The lowest BCUT2D eigenvalue weighted by molar-refractivity contribution is -0.129. The molecule has 0 radical (unpaired) electrons. The molecule has 0 aliphatic carbocycles. The zero-order valence-corrected chi connectivity index (χ0v) is 14.0. The zero-order chi connectivity index (χ0) is 18.4. The molecule has 0 heterocycles. The van der Waals surface area contributed by atoms with Crippen LogP contribution in [0.3, 0.4) is 0 Å². The number of rotatable bonds is 4. The Labute approximate surface area is 149 Å². The van der Waals surface area contributed by atoms with Crippen molar-refractivity contribution in [2.75, 3.05) is 12.8 Å². The van der Waals surface area contributed by atoms with Crippen LogP contribution in [-0.2, 0) is 9.53 Å². The molecule has 0 fully saturated rings. The Hall–Kier alpha value is -3.06. The number of halogens is 1. The van der Waals surface area contributed by atoms with Gasteiger partial charge in [-0.15, -0.1) is 0 Å². The van der Waals surface area contributed by atoms with E-state index in [0.29, 0.717) is 10.6 Å². The molecule has 0 spiro atoms. The van der Waals surface area contributed by atoms with E-state index in [4.69, 9.17) is 22.1 Å². The number of amides is 3. The molecule has 0 bridgehead atoms. The number of nitrogens with two attached hydrogens (primary N) is 1. The van der Waals surface area contributed by atoms with Crippen LogP contribution in [0.25, 0.3) is 0 Å². The highest BCUT2D eigenvalue weighted by Gasteiger charge is 2.27. The number of carbonyl (C=O) groups is 3. The number of carbonyl (C=O) groups excluding carboxylic acids is 3. The first-order valence-electron chi connectivity index (χ1n) is 7.26. The zero-order valence-electron chi connectivity index (χ0n) is 13.3. The molecule has 0 saturated heterocycles. The van der Waals surface area contributed by atoms with Crippen molar-refractivity contribution in [1.29, 1.82) is 0 Å². The van der Waals surface area contributed by atoms with Gasteiger partial charge in [-0.05, 0) is 18.2 Å². The largest absolute Gasteiger partial charge is 0.444 e. The Kier molecular flexibility index (Phi) is 5.97. The second-order valence-corrected chi connectivity index (χ2v) is 5.41. The molecule has 1 atom stereocenters. The van der Waals surface area contributed by atoms with Crippen molar-refractivity contribution in [2.45, 2.75) is 6.10 Å². The summed E-state index contributed by atoms with van der Waals surface area (Å²) < 4.78 is 5.30. The Bertz CT molecular complexity index is 796. The van der Waals surface area contributed by atoms with Gasteiger partial charge < -0.3 is 15.8 Å². The normalized spacial score (nSPS) is 11.3. The fourth-order valence-corrected chi connectivity index (χ4v) is 2.10. The van der Waals surface area contributed by atoms with E-state index >= 15 is 0 Å². The molecule has 4 N–H and O–H groups in total. The first-order valence-corrected chi connectivity index (χ1v) is 7.63. The molecule has 2 aromatic carbocycles. The fraction of sp³-hybridized carbons (Fsp3) is 0.118. The molecular weight excluding hydrogens is 346 g/mol. The van der Waals surface area contributed by atoms with E-state index in [1.54, 1.807) is 30.3 Å². The number of benzene rings is 2.